The third-order valence-corrected chi connectivity index (χ3v) is 5.20. The van der Waals surface area contributed by atoms with Crippen molar-refractivity contribution in [2.75, 3.05) is 12.4 Å². The molecule has 0 saturated carbocycles. The van der Waals surface area contributed by atoms with Gasteiger partial charge >= 0.3 is 0 Å². The number of methoxy groups -OCH3 is 1. The van der Waals surface area contributed by atoms with Crippen molar-refractivity contribution in [2.45, 2.75) is 19.4 Å². The maximum absolute atomic E-state index is 13.0. The van der Waals surface area contributed by atoms with Gasteiger partial charge in [-0.3, -0.25) is 19.7 Å². The van der Waals surface area contributed by atoms with E-state index in [2.05, 4.69) is 10.4 Å². The van der Waals surface area contributed by atoms with Gasteiger partial charge in [0.15, 0.2) is 0 Å². The number of rotatable bonds is 6. The number of ether oxygens (including phenoxy) is 1. The minimum absolute atomic E-state index is 0.135. The molecule has 3 rings (SSSR count). The summed E-state index contributed by atoms with van der Waals surface area (Å²) >= 11 is 1.47. The Morgan fingerprint density at radius 3 is 2.66 bits per heavy atom. The number of hydrogen-bond donors (Lipinski definition) is 1. The van der Waals surface area contributed by atoms with Crippen molar-refractivity contribution in [3.05, 3.63) is 68.3 Å². The van der Waals surface area contributed by atoms with Crippen molar-refractivity contribution >= 4 is 28.6 Å². The number of anilines is 1. The average molecular weight is 414 g/mol. The van der Waals surface area contributed by atoms with Crippen molar-refractivity contribution < 1.29 is 14.5 Å². The molecule has 0 aliphatic rings. The van der Waals surface area contributed by atoms with E-state index in [1.165, 1.54) is 42.7 Å². The van der Waals surface area contributed by atoms with Crippen LogP contribution in [0.25, 0.3) is 10.6 Å². The quantitative estimate of drug-likeness (QED) is 0.489. The molecule has 10 heteroatoms. The number of hydrogen-bond acceptors (Lipinski definition) is 7. The molecular formula is C19H18N4O5S. The van der Waals surface area contributed by atoms with Crippen LogP contribution < -0.4 is 15.6 Å². The minimum Gasteiger partial charge on any atom is -0.494 e. The zero-order chi connectivity index (χ0) is 21.2. The van der Waals surface area contributed by atoms with Gasteiger partial charge in [0.25, 0.3) is 17.2 Å². The predicted octanol–water partition coefficient (Wildman–Crippen LogP) is 3.26. The van der Waals surface area contributed by atoms with Crippen molar-refractivity contribution in [3.63, 3.8) is 0 Å². The van der Waals surface area contributed by atoms with E-state index in [0.717, 1.165) is 9.56 Å². The Labute approximate surface area is 169 Å². The molecule has 0 aliphatic carbocycles. The highest BCUT2D eigenvalue weighted by atomic mass is 32.1. The van der Waals surface area contributed by atoms with Gasteiger partial charge in [0.2, 0.25) is 0 Å². The molecule has 150 valence electrons. The molecule has 0 bridgehead atoms. The normalized spacial score (nSPS) is 11.1. The zero-order valence-electron chi connectivity index (χ0n) is 15.9. The van der Waals surface area contributed by atoms with Gasteiger partial charge in [-0.1, -0.05) is 6.07 Å². The Morgan fingerprint density at radius 1 is 1.28 bits per heavy atom. The smallest absolute Gasteiger partial charge is 0.273 e. The molecule has 1 amide bonds. The van der Waals surface area contributed by atoms with E-state index in [1.807, 2.05) is 17.5 Å². The Hall–Kier alpha value is -3.53. The highest BCUT2D eigenvalue weighted by molar-refractivity contribution is 7.13. The third-order valence-electron chi connectivity index (χ3n) is 4.30. The molecule has 0 saturated heterocycles. The lowest BCUT2D eigenvalue weighted by Crippen LogP contribution is -2.47. The van der Waals surface area contributed by atoms with Gasteiger partial charge in [0.05, 0.1) is 28.7 Å². The number of carbonyl (C=O) groups is 1. The van der Waals surface area contributed by atoms with Crippen molar-refractivity contribution in [3.8, 4) is 16.3 Å². The molecule has 1 N–H and O–H groups in total. The summed E-state index contributed by atoms with van der Waals surface area (Å²) in [6.07, 6.45) is 0. The number of non-ortho nitro benzene ring substituents is 1. The number of thiophene rings is 1. The molecular weight excluding hydrogens is 396 g/mol. The number of nitro groups is 1. The lowest BCUT2D eigenvalue weighted by atomic mass is 10.0. The molecule has 9 nitrogen and oxygen atoms in total. The van der Waals surface area contributed by atoms with Crippen LogP contribution in [0.2, 0.25) is 0 Å². The largest absolute Gasteiger partial charge is 0.494 e. The van der Waals surface area contributed by atoms with E-state index in [4.69, 9.17) is 4.74 Å². The Bertz CT molecular complexity index is 1120. The summed E-state index contributed by atoms with van der Waals surface area (Å²) in [5.74, 6) is -0.390. The summed E-state index contributed by atoms with van der Waals surface area (Å²) in [7, 11) is 1.34. The number of nitrogens with zero attached hydrogens (tertiary/aromatic N) is 3. The molecule has 3 aromatic rings. The Morgan fingerprint density at radius 2 is 2.03 bits per heavy atom. The molecule has 0 atom stereocenters. The maximum Gasteiger partial charge on any atom is 0.273 e. The lowest BCUT2D eigenvalue weighted by molar-refractivity contribution is -0.384. The second-order valence-corrected chi connectivity index (χ2v) is 7.55. The first-order valence-corrected chi connectivity index (χ1v) is 9.40. The first-order valence-electron chi connectivity index (χ1n) is 8.52. The highest BCUT2D eigenvalue weighted by Crippen LogP contribution is 2.30. The highest BCUT2D eigenvalue weighted by Gasteiger charge is 2.33. The molecule has 29 heavy (non-hydrogen) atoms. The van der Waals surface area contributed by atoms with Crippen LogP contribution >= 0.6 is 11.3 Å². The minimum atomic E-state index is -1.34. The van der Waals surface area contributed by atoms with Crippen molar-refractivity contribution in [1.82, 2.24) is 9.78 Å². The fourth-order valence-electron chi connectivity index (χ4n) is 2.64. The van der Waals surface area contributed by atoms with Gasteiger partial charge in [0.1, 0.15) is 17.0 Å². The molecule has 2 heterocycles. The summed E-state index contributed by atoms with van der Waals surface area (Å²) in [6.45, 7) is 3.12. The molecule has 0 spiro atoms. The Kier molecular flexibility index (Phi) is 5.46. The van der Waals surface area contributed by atoms with Crippen LogP contribution in [-0.2, 0) is 10.3 Å². The summed E-state index contributed by atoms with van der Waals surface area (Å²) in [4.78, 5) is 36.6. The number of benzene rings is 1. The number of nitrogens with one attached hydrogen (secondary N) is 1. The van der Waals surface area contributed by atoms with E-state index < -0.39 is 21.9 Å². The molecule has 0 unspecified atom stereocenters. The predicted molar refractivity (Wildman–Crippen MR) is 109 cm³/mol. The van der Waals surface area contributed by atoms with Gasteiger partial charge in [-0.05, 0) is 37.4 Å². The van der Waals surface area contributed by atoms with E-state index in [1.54, 1.807) is 19.9 Å². The summed E-state index contributed by atoms with van der Waals surface area (Å²) in [5.41, 5.74) is -1.11. The number of nitro benzene ring substituents is 1. The lowest BCUT2D eigenvalue weighted by Gasteiger charge is -2.25. The van der Waals surface area contributed by atoms with Gasteiger partial charge < -0.3 is 10.1 Å². The third kappa shape index (κ3) is 4.02. The van der Waals surface area contributed by atoms with Crippen LogP contribution in [0.4, 0.5) is 11.4 Å². The van der Waals surface area contributed by atoms with E-state index in [0.29, 0.717) is 5.69 Å². The second kappa shape index (κ2) is 7.84. The van der Waals surface area contributed by atoms with E-state index in [-0.39, 0.29) is 17.1 Å². The summed E-state index contributed by atoms with van der Waals surface area (Å²) < 4.78 is 6.27. The van der Waals surface area contributed by atoms with Crippen molar-refractivity contribution in [2.24, 2.45) is 0 Å². The zero-order valence-corrected chi connectivity index (χ0v) is 16.7. The summed E-state index contributed by atoms with van der Waals surface area (Å²) in [5, 5.41) is 19.9. The van der Waals surface area contributed by atoms with Gasteiger partial charge in [-0.2, -0.15) is 5.10 Å². The fraction of sp³-hybridized carbons (Fsp3) is 0.211. The number of carbonyl (C=O) groups excluding carboxylic acids is 1. The monoisotopic (exact) mass is 414 g/mol. The van der Waals surface area contributed by atoms with Gasteiger partial charge in [-0.25, -0.2) is 4.68 Å². The van der Waals surface area contributed by atoms with E-state index >= 15 is 0 Å². The number of amides is 1. The first kappa shape index (κ1) is 20.2. The SMILES string of the molecule is COc1cc([N+](=O)[O-])ccc1NC(=O)C(C)(C)n1nc(-c2cccs2)ccc1=O. The van der Waals surface area contributed by atoms with Crippen LogP contribution in [0.3, 0.4) is 0 Å². The van der Waals surface area contributed by atoms with Crippen molar-refractivity contribution in [1.29, 1.82) is 0 Å². The van der Waals surface area contributed by atoms with Gasteiger partial charge in [-0.15, -0.1) is 11.3 Å². The fourth-order valence-corrected chi connectivity index (χ4v) is 3.33. The topological polar surface area (TPSA) is 116 Å². The Balaban J connectivity index is 1.94. The van der Waals surface area contributed by atoms with Crippen LogP contribution in [-0.4, -0.2) is 27.7 Å². The average Bonchev–Trinajstić information content (AvgIpc) is 3.23. The van der Waals surface area contributed by atoms with Crippen LogP contribution in [0.15, 0.2) is 52.6 Å². The van der Waals surface area contributed by atoms with Crippen LogP contribution in [0.5, 0.6) is 5.75 Å². The first-order chi connectivity index (χ1) is 13.7. The van der Waals surface area contributed by atoms with Gasteiger partial charge in [0, 0.05) is 12.1 Å². The van der Waals surface area contributed by atoms with Crippen LogP contribution in [0.1, 0.15) is 13.8 Å². The molecule has 0 fully saturated rings. The molecule has 0 aliphatic heterocycles. The molecule has 1 aromatic carbocycles. The number of aromatic nitrogens is 2. The molecule has 0 radical (unpaired) electrons. The maximum atomic E-state index is 13.0. The standard InChI is InChI=1S/C19H18N4O5S/c1-19(2,22-17(24)9-8-14(21-22)16-5-4-10-29-16)18(25)20-13-7-6-12(23(26)27)11-15(13)28-3/h4-11H,1-3H3,(H,20,25). The summed E-state index contributed by atoms with van der Waals surface area (Å²) in [6, 6.07) is 10.6. The second-order valence-electron chi connectivity index (χ2n) is 6.60. The molecule has 2 aromatic heterocycles. The van der Waals surface area contributed by atoms with Crippen LogP contribution in [0, 0.1) is 10.1 Å². The van der Waals surface area contributed by atoms with E-state index in [9.17, 15) is 19.7 Å².